The van der Waals surface area contributed by atoms with Crippen molar-refractivity contribution >= 4 is 15.9 Å². The molecule has 45 heavy (non-hydrogen) atoms. The first-order valence-corrected chi connectivity index (χ1v) is 18.0. The average Bonchev–Trinajstić information content (AvgIpc) is 3.88. The predicted octanol–water partition coefficient (Wildman–Crippen LogP) is 3.42. The fraction of sp³-hybridized carbons (Fsp3) is 0.667. The molecule has 6 rings (SSSR count). The highest BCUT2D eigenvalue weighted by Crippen LogP contribution is 2.41. The van der Waals surface area contributed by atoms with Crippen LogP contribution in [0.4, 0.5) is 4.39 Å². The summed E-state index contributed by atoms with van der Waals surface area (Å²) in [7, 11) is -3.19. The van der Waals surface area contributed by atoms with E-state index in [1.54, 1.807) is 30.3 Å². The number of likely N-dealkylation sites (tertiary alicyclic amines) is 1. The van der Waals surface area contributed by atoms with Gasteiger partial charge in [0.2, 0.25) is 10.0 Å². The van der Waals surface area contributed by atoms with Gasteiger partial charge in [-0.3, -0.25) is 14.6 Å². The number of rotatable bonds is 7. The molecule has 1 saturated carbocycles. The number of carbonyl (C=O) groups excluding carboxylic acids is 1. The van der Waals surface area contributed by atoms with Gasteiger partial charge in [0.05, 0.1) is 5.25 Å². The number of hydrogen-bond donors (Lipinski definition) is 0. The van der Waals surface area contributed by atoms with E-state index >= 15 is 0 Å². The molecule has 10 nitrogen and oxygen atoms in total. The summed E-state index contributed by atoms with van der Waals surface area (Å²) in [6.07, 6.45) is 5.96. The molecule has 0 N–H and O–H groups in total. The van der Waals surface area contributed by atoms with Crippen LogP contribution >= 0.6 is 0 Å². The Morgan fingerprint density at radius 1 is 1.07 bits per heavy atom. The summed E-state index contributed by atoms with van der Waals surface area (Å²) in [6, 6.07) is 7.18. The molecule has 1 aromatic carbocycles. The van der Waals surface area contributed by atoms with Gasteiger partial charge in [-0.25, -0.2) is 21.8 Å². The Bertz CT molecular complexity index is 1520. The van der Waals surface area contributed by atoms with Gasteiger partial charge in [-0.15, -0.1) is 0 Å². The lowest BCUT2D eigenvalue weighted by Gasteiger charge is -2.54. The summed E-state index contributed by atoms with van der Waals surface area (Å²) in [5.41, 5.74) is 2.26. The Labute approximate surface area is 266 Å². The molecule has 1 amide bonds. The minimum atomic E-state index is -3.19. The smallest absolute Gasteiger partial charge is 0.289 e. The van der Waals surface area contributed by atoms with Gasteiger partial charge in [0.15, 0.2) is 5.69 Å². The largest absolute Gasteiger partial charge is 0.711 e. The summed E-state index contributed by atoms with van der Waals surface area (Å²) in [4.78, 5) is 24.5. The molecule has 4 fully saturated rings. The van der Waals surface area contributed by atoms with E-state index in [0.717, 1.165) is 63.7 Å². The molecule has 12 heteroatoms. The van der Waals surface area contributed by atoms with Crippen LogP contribution in [0.25, 0.3) is 0 Å². The Morgan fingerprint density at radius 2 is 1.76 bits per heavy atom. The van der Waals surface area contributed by atoms with E-state index in [1.807, 2.05) is 11.0 Å². The number of nitrogens with zero attached hydrogens (tertiary/aromatic N) is 6. The lowest BCUT2D eigenvalue weighted by atomic mass is 9.82. The monoisotopic (exact) mass is 642 g/mol. The summed E-state index contributed by atoms with van der Waals surface area (Å²) < 4.78 is 42.7. The second kappa shape index (κ2) is 12.5. The van der Waals surface area contributed by atoms with Crippen molar-refractivity contribution < 1.29 is 22.3 Å². The van der Waals surface area contributed by atoms with Crippen molar-refractivity contribution in [1.29, 1.82) is 0 Å². The van der Waals surface area contributed by atoms with E-state index in [2.05, 4.69) is 28.6 Å². The molecule has 2 atom stereocenters. The first-order valence-electron chi connectivity index (χ1n) is 16.5. The third-order valence-corrected chi connectivity index (χ3v) is 13.4. The number of carbonyl (C=O) groups is 1. The van der Waals surface area contributed by atoms with Crippen LogP contribution in [0.15, 0.2) is 30.6 Å². The highest BCUT2D eigenvalue weighted by Gasteiger charge is 2.45. The van der Waals surface area contributed by atoms with Gasteiger partial charge in [-0.2, -0.15) is 0 Å². The highest BCUT2D eigenvalue weighted by molar-refractivity contribution is 7.90. The standard InChI is InChI=1S/C33H47FN6O4S/c1-23-21-37(33(4)12-16-36(17-13-33)32(41)30-24(2)35-22-40(42)25(30)3)18-19-39(23)31(27-6-5-7-28(34)20-27)26-10-14-38(15-11-26)45(43,44)29-8-9-29/h5-7,20,22-23,26,29,31H,8-19,21H2,1-4H3/t23-,31+/m0/s1. The molecule has 0 bridgehead atoms. The third kappa shape index (κ3) is 6.35. The Hall–Kier alpha value is -2.67. The second-order valence-corrected chi connectivity index (χ2v) is 16.1. The highest BCUT2D eigenvalue weighted by atomic mass is 32.2. The second-order valence-electron chi connectivity index (χ2n) is 13.9. The number of piperazine rings is 1. The van der Waals surface area contributed by atoms with Crippen molar-refractivity contribution in [2.75, 3.05) is 45.8 Å². The lowest BCUT2D eigenvalue weighted by Crippen LogP contribution is -2.63. The minimum absolute atomic E-state index is 0.0191. The maximum absolute atomic E-state index is 14.5. The van der Waals surface area contributed by atoms with Crippen LogP contribution in [-0.4, -0.2) is 101 Å². The molecule has 2 aromatic rings. The number of sulfonamides is 1. The molecular formula is C33H47FN6O4S. The van der Waals surface area contributed by atoms with Gasteiger partial charge >= 0.3 is 0 Å². The molecule has 4 heterocycles. The SMILES string of the molecule is Cc1nc[n+]([O-])c(C)c1C(=O)N1CCC(C)(N2CCN([C@@H](c3cccc(F)c3)C3CCN(S(=O)(=O)C4CC4)CC3)[C@@H](C)C2)CC1. The molecule has 0 spiro atoms. The van der Waals surface area contributed by atoms with E-state index in [-0.39, 0.29) is 40.5 Å². The predicted molar refractivity (Wildman–Crippen MR) is 169 cm³/mol. The minimum Gasteiger partial charge on any atom is -0.711 e. The lowest BCUT2D eigenvalue weighted by molar-refractivity contribution is -0.615. The summed E-state index contributed by atoms with van der Waals surface area (Å²) in [5, 5.41) is 11.9. The maximum atomic E-state index is 14.5. The third-order valence-electron chi connectivity index (χ3n) is 11.0. The van der Waals surface area contributed by atoms with Crippen molar-refractivity contribution in [3.63, 3.8) is 0 Å². The Kier molecular flexibility index (Phi) is 8.97. The fourth-order valence-electron chi connectivity index (χ4n) is 7.96. The topological polar surface area (TPSA) is 104 Å². The van der Waals surface area contributed by atoms with Gasteiger partial charge in [0.1, 0.15) is 17.1 Å². The number of halogens is 1. The van der Waals surface area contributed by atoms with E-state index in [4.69, 9.17) is 0 Å². The number of benzene rings is 1. The van der Waals surface area contributed by atoms with Gasteiger partial charge in [0.25, 0.3) is 12.2 Å². The summed E-state index contributed by atoms with van der Waals surface area (Å²) in [5.74, 6) is -0.131. The van der Waals surface area contributed by atoms with Crippen LogP contribution in [-0.2, 0) is 10.0 Å². The van der Waals surface area contributed by atoms with E-state index < -0.39 is 10.0 Å². The Morgan fingerprint density at radius 3 is 2.38 bits per heavy atom. The van der Waals surface area contributed by atoms with Crippen molar-refractivity contribution in [2.45, 2.75) is 89.1 Å². The number of aromatic nitrogens is 2. The van der Waals surface area contributed by atoms with Crippen molar-refractivity contribution in [1.82, 2.24) is 24.0 Å². The van der Waals surface area contributed by atoms with Crippen LogP contribution in [0.2, 0.25) is 0 Å². The number of hydrogen-bond acceptors (Lipinski definition) is 7. The molecule has 1 aliphatic carbocycles. The van der Waals surface area contributed by atoms with Gasteiger partial charge in [0, 0.05) is 70.4 Å². The maximum Gasteiger partial charge on any atom is 0.289 e. The van der Waals surface area contributed by atoms with Gasteiger partial charge < -0.3 is 10.1 Å². The summed E-state index contributed by atoms with van der Waals surface area (Å²) >= 11 is 0. The van der Waals surface area contributed by atoms with Gasteiger partial charge in [-0.1, -0.05) is 17.1 Å². The summed E-state index contributed by atoms with van der Waals surface area (Å²) in [6.45, 7) is 12.8. The van der Waals surface area contributed by atoms with E-state index in [9.17, 15) is 22.8 Å². The van der Waals surface area contributed by atoms with E-state index in [0.29, 0.717) is 47.9 Å². The fourth-order valence-corrected chi connectivity index (χ4v) is 9.83. The van der Waals surface area contributed by atoms with E-state index in [1.165, 1.54) is 12.4 Å². The molecule has 3 saturated heterocycles. The van der Waals surface area contributed by atoms with Gasteiger partial charge in [-0.05, 0) is 82.9 Å². The van der Waals surface area contributed by atoms with Crippen LogP contribution < -0.4 is 4.73 Å². The molecular weight excluding hydrogens is 595 g/mol. The normalized spacial score (nSPS) is 24.9. The van der Waals surface area contributed by atoms with Crippen molar-refractivity contribution in [2.24, 2.45) is 5.92 Å². The molecule has 246 valence electrons. The van der Waals surface area contributed by atoms with Crippen LogP contribution in [0.1, 0.15) is 85.7 Å². The Balaban J connectivity index is 1.12. The zero-order valence-electron chi connectivity index (χ0n) is 27.0. The van der Waals surface area contributed by atoms with Crippen LogP contribution in [0, 0.1) is 30.8 Å². The number of piperidine rings is 2. The molecule has 0 radical (unpaired) electrons. The first kappa shape index (κ1) is 32.3. The number of aryl methyl sites for hydroxylation is 1. The molecule has 0 unspecified atom stereocenters. The average molecular weight is 643 g/mol. The van der Waals surface area contributed by atoms with Crippen molar-refractivity contribution in [3.8, 4) is 0 Å². The van der Waals surface area contributed by atoms with Crippen molar-refractivity contribution in [3.05, 3.63) is 64.1 Å². The van der Waals surface area contributed by atoms with Crippen LogP contribution in [0.3, 0.4) is 0 Å². The molecule has 4 aliphatic rings. The quantitative estimate of drug-likeness (QED) is 0.337. The zero-order chi connectivity index (χ0) is 32.1. The first-order chi connectivity index (χ1) is 21.4. The molecule has 3 aliphatic heterocycles. The van der Waals surface area contributed by atoms with Crippen LogP contribution in [0.5, 0.6) is 0 Å². The number of amides is 1. The molecule has 1 aromatic heterocycles. The zero-order valence-corrected chi connectivity index (χ0v) is 27.8.